The third-order valence-corrected chi connectivity index (χ3v) is 3.25. The van der Waals surface area contributed by atoms with Crippen LogP contribution in [0.1, 0.15) is 19.3 Å². The van der Waals surface area contributed by atoms with Gasteiger partial charge in [0, 0.05) is 32.2 Å². The van der Waals surface area contributed by atoms with Gasteiger partial charge < -0.3 is 15.1 Å². The smallest absolute Gasteiger partial charge is 0.0110 e. The molecule has 3 heteroatoms. The Balaban J connectivity index is 1.58. The summed E-state index contributed by atoms with van der Waals surface area (Å²) in [6, 6.07) is 0.865. The second-order valence-electron chi connectivity index (χ2n) is 4.73. The average Bonchev–Trinajstić information content (AvgIpc) is 2.96. The summed E-state index contributed by atoms with van der Waals surface area (Å²) in [5.74, 6) is 0. The number of hydrogen-bond donors (Lipinski definition) is 1. The maximum atomic E-state index is 3.58. The lowest BCUT2D eigenvalue weighted by atomic mass is 10.4. The van der Waals surface area contributed by atoms with Gasteiger partial charge in [-0.25, -0.2) is 0 Å². The van der Waals surface area contributed by atoms with Crippen LogP contribution in [0.15, 0.2) is 0 Å². The van der Waals surface area contributed by atoms with Crippen molar-refractivity contribution in [3.63, 3.8) is 0 Å². The lowest BCUT2D eigenvalue weighted by molar-refractivity contribution is 0.275. The highest BCUT2D eigenvalue weighted by atomic mass is 15.2. The number of nitrogens with zero attached hydrogens (tertiary/aromatic N) is 2. The first-order chi connectivity index (χ1) is 6.84. The van der Waals surface area contributed by atoms with E-state index in [1.54, 1.807) is 0 Å². The molecule has 2 rings (SSSR count). The Hall–Kier alpha value is -0.120. The summed E-state index contributed by atoms with van der Waals surface area (Å²) in [5.41, 5.74) is 0. The van der Waals surface area contributed by atoms with Crippen molar-refractivity contribution in [2.45, 2.75) is 25.3 Å². The van der Waals surface area contributed by atoms with Gasteiger partial charge in [0.25, 0.3) is 0 Å². The standard InChI is InChI=1S/C11H23N3/c1-13-6-2-7-14(10-9-13)8-5-12-11-3-4-11/h11-12H,2-10H2,1H3. The van der Waals surface area contributed by atoms with Crippen molar-refractivity contribution in [2.24, 2.45) is 0 Å². The predicted octanol–water partition coefficient (Wildman–Crippen LogP) is 0.376. The summed E-state index contributed by atoms with van der Waals surface area (Å²) in [4.78, 5) is 5.03. The number of likely N-dealkylation sites (N-methyl/N-ethyl adjacent to an activating group) is 1. The molecule has 0 amide bonds. The van der Waals surface area contributed by atoms with Crippen LogP contribution in [0, 0.1) is 0 Å². The van der Waals surface area contributed by atoms with Crippen LogP contribution < -0.4 is 5.32 Å². The summed E-state index contributed by atoms with van der Waals surface area (Å²) in [6.07, 6.45) is 4.14. The van der Waals surface area contributed by atoms with Gasteiger partial charge in [0.15, 0.2) is 0 Å². The van der Waals surface area contributed by atoms with Gasteiger partial charge in [0.05, 0.1) is 0 Å². The van der Waals surface area contributed by atoms with Crippen molar-refractivity contribution in [1.82, 2.24) is 15.1 Å². The van der Waals surface area contributed by atoms with Gasteiger partial charge >= 0.3 is 0 Å². The first-order valence-corrected chi connectivity index (χ1v) is 5.99. The third kappa shape index (κ3) is 3.56. The highest BCUT2D eigenvalue weighted by Gasteiger charge is 2.20. The van der Waals surface area contributed by atoms with Gasteiger partial charge in [-0.15, -0.1) is 0 Å². The fraction of sp³-hybridized carbons (Fsp3) is 1.00. The monoisotopic (exact) mass is 197 g/mol. The molecule has 3 nitrogen and oxygen atoms in total. The molecule has 0 radical (unpaired) electrons. The van der Waals surface area contributed by atoms with Crippen LogP contribution in [0.3, 0.4) is 0 Å². The van der Waals surface area contributed by atoms with Crippen LogP contribution in [0.25, 0.3) is 0 Å². The van der Waals surface area contributed by atoms with E-state index >= 15 is 0 Å². The third-order valence-electron chi connectivity index (χ3n) is 3.25. The normalized spacial score (nSPS) is 26.4. The summed E-state index contributed by atoms with van der Waals surface area (Å²) in [6.45, 7) is 7.48. The van der Waals surface area contributed by atoms with Gasteiger partial charge in [-0.3, -0.25) is 0 Å². The second kappa shape index (κ2) is 5.10. The molecule has 0 spiro atoms. The molecule has 0 atom stereocenters. The van der Waals surface area contributed by atoms with E-state index in [0.717, 1.165) is 6.04 Å². The Kier molecular flexibility index (Phi) is 3.79. The van der Waals surface area contributed by atoms with Gasteiger partial charge in [0.1, 0.15) is 0 Å². The molecular weight excluding hydrogens is 174 g/mol. The molecule has 2 aliphatic rings. The zero-order chi connectivity index (χ0) is 9.80. The minimum atomic E-state index is 0.865. The number of hydrogen-bond acceptors (Lipinski definition) is 3. The van der Waals surface area contributed by atoms with Crippen LogP contribution in [0.5, 0.6) is 0 Å². The van der Waals surface area contributed by atoms with E-state index in [1.165, 1.54) is 58.5 Å². The van der Waals surface area contributed by atoms with Gasteiger partial charge in [0.2, 0.25) is 0 Å². The average molecular weight is 197 g/mol. The minimum absolute atomic E-state index is 0.865. The predicted molar refractivity (Wildman–Crippen MR) is 59.6 cm³/mol. The maximum Gasteiger partial charge on any atom is 0.0110 e. The van der Waals surface area contributed by atoms with Gasteiger partial charge in [-0.2, -0.15) is 0 Å². The van der Waals surface area contributed by atoms with Crippen LogP contribution in [-0.2, 0) is 0 Å². The van der Waals surface area contributed by atoms with Crippen molar-refractivity contribution < 1.29 is 0 Å². The Labute approximate surface area is 87.4 Å². The van der Waals surface area contributed by atoms with Gasteiger partial charge in [-0.1, -0.05) is 0 Å². The molecule has 0 aromatic heterocycles. The quantitative estimate of drug-likeness (QED) is 0.703. The van der Waals surface area contributed by atoms with Gasteiger partial charge in [-0.05, 0) is 39.4 Å². The first kappa shape index (κ1) is 10.4. The van der Waals surface area contributed by atoms with E-state index < -0.39 is 0 Å². The van der Waals surface area contributed by atoms with Crippen molar-refractivity contribution in [3.8, 4) is 0 Å². The molecule has 1 N–H and O–H groups in total. The van der Waals surface area contributed by atoms with E-state index in [9.17, 15) is 0 Å². The molecular formula is C11H23N3. The van der Waals surface area contributed by atoms with E-state index in [-0.39, 0.29) is 0 Å². The summed E-state index contributed by atoms with van der Waals surface area (Å²) < 4.78 is 0. The van der Waals surface area contributed by atoms with Crippen LogP contribution in [0.4, 0.5) is 0 Å². The van der Waals surface area contributed by atoms with E-state index in [4.69, 9.17) is 0 Å². The maximum absolute atomic E-state index is 3.58. The molecule has 1 heterocycles. The summed E-state index contributed by atoms with van der Waals surface area (Å²) >= 11 is 0. The lowest BCUT2D eigenvalue weighted by Gasteiger charge is -2.20. The number of nitrogens with one attached hydrogen (secondary N) is 1. The summed E-state index contributed by atoms with van der Waals surface area (Å²) in [5, 5.41) is 3.58. The van der Waals surface area contributed by atoms with Crippen molar-refractivity contribution in [3.05, 3.63) is 0 Å². The van der Waals surface area contributed by atoms with Crippen LogP contribution in [0.2, 0.25) is 0 Å². The Morgan fingerprint density at radius 2 is 2.00 bits per heavy atom. The molecule has 2 fully saturated rings. The molecule has 1 saturated heterocycles. The molecule has 0 aromatic carbocycles. The molecule has 0 aromatic rings. The minimum Gasteiger partial charge on any atom is -0.313 e. The fourth-order valence-electron chi connectivity index (χ4n) is 2.04. The van der Waals surface area contributed by atoms with Crippen molar-refractivity contribution >= 4 is 0 Å². The van der Waals surface area contributed by atoms with Crippen molar-refractivity contribution in [1.29, 1.82) is 0 Å². The highest BCUT2D eigenvalue weighted by molar-refractivity contribution is 4.81. The molecule has 1 aliphatic carbocycles. The first-order valence-electron chi connectivity index (χ1n) is 5.99. The SMILES string of the molecule is CN1CCCN(CCNC2CC2)CC1. The second-order valence-corrected chi connectivity index (χ2v) is 4.73. The lowest BCUT2D eigenvalue weighted by Crippen LogP contribution is -2.35. The largest absolute Gasteiger partial charge is 0.313 e. The fourth-order valence-corrected chi connectivity index (χ4v) is 2.04. The summed E-state index contributed by atoms with van der Waals surface area (Å²) in [7, 11) is 2.23. The Bertz CT molecular complexity index is 168. The molecule has 14 heavy (non-hydrogen) atoms. The Morgan fingerprint density at radius 3 is 2.79 bits per heavy atom. The van der Waals surface area contributed by atoms with E-state index in [1.807, 2.05) is 0 Å². The van der Waals surface area contributed by atoms with Crippen LogP contribution in [-0.4, -0.2) is 62.2 Å². The molecule has 0 unspecified atom stereocenters. The number of rotatable bonds is 4. The highest BCUT2D eigenvalue weighted by Crippen LogP contribution is 2.18. The topological polar surface area (TPSA) is 18.5 Å². The van der Waals surface area contributed by atoms with Crippen molar-refractivity contribution in [2.75, 3.05) is 46.3 Å². The van der Waals surface area contributed by atoms with E-state index in [2.05, 4.69) is 22.2 Å². The molecule has 1 saturated carbocycles. The molecule has 1 aliphatic heterocycles. The zero-order valence-corrected chi connectivity index (χ0v) is 9.34. The van der Waals surface area contributed by atoms with E-state index in [0.29, 0.717) is 0 Å². The zero-order valence-electron chi connectivity index (χ0n) is 9.34. The Morgan fingerprint density at radius 1 is 1.14 bits per heavy atom. The van der Waals surface area contributed by atoms with Crippen LogP contribution >= 0.6 is 0 Å². The molecule has 0 bridgehead atoms. The molecule has 82 valence electrons.